The summed E-state index contributed by atoms with van der Waals surface area (Å²) in [5.41, 5.74) is 0.181. The van der Waals surface area contributed by atoms with E-state index in [-0.39, 0.29) is 17.1 Å². The van der Waals surface area contributed by atoms with Gasteiger partial charge in [-0.25, -0.2) is 9.59 Å². The number of aliphatic carboxylic acids is 1. The van der Waals surface area contributed by atoms with Crippen LogP contribution in [0.1, 0.15) is 52.4 Å². The first kappa shape index (κ1) is 16.3. The van der Waals surface area contributed by atoms with Gasteiger partial charge in [0.1, 0.15) is 0 Å². The molecule has 5 nitrogen and oxygen atoms in total. The van der Waals surface area contributed by atoms with Crippen molar-refractivity contribution in [3.05, 3.63) is 23.2 Å². The van der Waals surface area contributed by atoms with Crippen LogP contribution >= 0.6 is 0 Å². The maximum absolute atomic E-state index is 11.6. The van der Waals surface area contributed by atoms with Crippen molar-refractivity contribution in [3.8, 4) is 0 Å². The summed E-state index contributed by atoms with van der Waals surface area (Å²) in [6.07, 6.45) is 6.40. The number of carbonyl (C=O) groups is 2. The number of rotatable bonds is 8. The number of aliphatic hydroxyl groups is 1. The molecule has 0 amide bonds. The van der Waals surface area contributed by atoms with Gasteiger partial charge in [0.2, 0.25) is 0 Å². The molecule has 1 aliphatic rings. The third-order valence-corrected chi connectivity index (χ3v) is 3.40. The Labute approximate surface area is 118 Å². The second-order valence-corrected chi connectivity index (χ2v) is 5.20. The number of carbonyl (C=O) groups excluding carboxylic acids is 1. The first-order chi connectivity index (χ1) is 9.45. The molecule has 1 atom stereocenters. The SMILES string of the molecule is CCCCC(C)CCCC1=C(O)/C(=C\C(=O)O)OC1=O. The van der Waals surface area contributed by atoms with Crippen molar-refractivity contribution in [1.29, 1.82) is 0 Å². The highest BCUT2D eigenvalue weighted by atomic mass is 16.6. The molecule has 1 rings (SSSR count). The van der Waals surface area contributed by atoms with Gasteiger partial charge in [-0.2, -0.15) is 0 Å². The highest BCUT2D eigenvalue weighted by molar-refractivity contribution is 5.95. The van der Waals surface area contributed by atoms with E-state index < -0.39 is 11.9 Å². The minimum Gasteiger partial charge on any atom is -0.504 e. The summed E-state index contributed by atoms with van der Waals surface area (Å²) in [7, 11) is 0. The van der Waals surface area contributed by atoms with Gasteiger partial charge in [-0.3, -0.25) is 0 Å². The molecule has 20 heavy (non-hydrogen) atoms. The third-order valence-electron chi connectivity index (χ3n) is 3.40. The van der Waals surface area contributed by atoms with Crippen LogP contribution in [0.5, 0.6) is 0 Å². The molecule has 0 saturated heterocycles. The quantitative estimate of drug-likeness (QED) is 0.527. The standard InChI is InChI=1S/C15H22O5/c1-3-4-6-10(2)7-5-8-11-14(18)12(9-13(16)17)20-15(11)19/h9-10,18H,3-8H2,1-2H3,(H,16,17)/b12-9+. The summed E-state index contributed by atoms with van der Waals surface area (Å²) in [6.45, 7) is 4.33. The summed E-state index contributed by atoms with van der Waals surface area (Å²) >= 11 is 0. The molecule has 0 aromatic rings. The maximum atomic E-state index is 11.6. The lowest BCUT2D eigenvalue weighted by Crippen LogP contribution is -2.01. The Hall–Kier alpha value is -1.78. The normalized spacial score (nSPS) is 18.5. The predicted octanol–water partition coefficient (Wildman–Crippen LogP) is 3.32. The average molecular weight is 282 g/mol. The van der Waals surface area contributed by atoms with Gasteiger partial charge in [-0.15, -0.1) is 0 Å². The Morgan fingerprint density at radius 2 is 2.00 bits per heavy atom. The molecule has 0 aromatic carbocycles. The van der Waals surface area contributed by atoms with E-state index in [4.69, 9.17) is 9.84 Å². The van der Waals surface area contributed by atoms with Crippen LogP contribution in [0, 0.1) is 5.92 Å². The Morgan fingerprint density at radius 3 is 2.60 bits per heavy atom. The van der Waals surface area contributed by atoms with Gasteiger partial charge >= 0.3 is 11.9 Å². The zero-order valence-electron chi connectivity index (χ0n) is 12.0. The predicted molar refractivity (Wildman–Crippen MR) is 74.0 cm³/mol. The van der Waals surface area contributed by atoms with Crippen LogP contribution in [0.15, 0.2) is 23.2 Å². The topological polar surface area (TPSA) is 83.8 Å². The molecule has 1 heterocycles. The number of hydrogen-bond donors (Lipinski definition) is 2. The molecular weight excluding hydrogens is 260 g/mol. The number of carboxylic acids is 1. The van der Waals surface area contributed by atoms with E-state index in [0.29, 0.717) is 18.4 Å². The Kier molecular flexibility index (Phi) is 6.28. The minimum absolute atomic E-state index is 0.181. The lowest BCUT2D eigenvalue weighted by Gasteiger charge is -2.09. The van der Waals surface area contributed by atoms with Crippen molar-refractivity contribution in [3.63, 3.8) is 0 Å². The number of hydrogen-bond acceptors (Lipinski definition) is 4. The Morgan fingerprint density at radius 1 is 1.35 bits per heavy atom. The molecule has 1 unspecified atom stereocenters. The second kappa shape index (κ2) is 7.72. The highest BCUT2D eigenvalue weighted by Crippen LogP contribution is 2.28. The third kappa shape index (κ3) is 4.72. The molecule has 2 N–H and O–H groups in total. The summed E-state index contributed by atoms with van der Waals surface area (Å²) in [5.74, 6) is -1.91. The highest BCUT2D eigenvalue weighted by Gasteiger charge is 2.29. The average Bonchev–Trinajstić information content (AvgIpc) is 2.63. The molecule has 5 heteroatoms. The number of aliphatic hydroxyl groups excluding tert-OH is 1. The number of cyclic esters (lactones) is 1. The van der Waals surface area contributed by atoms with Crippen LogP contribution < -0.4 is 0 Å². The van der Waals surface area contributed by atoms with E-state index >= 15 is 0 Å². The van der Waals surface area contributed by atoms with E-state index in [9.17, 15) is 14.7 Å². The Balaban J connectivity index is 2.52. The summed E-state index contributed by atoms with van der Waals surface area (Å²) < 4.78 is 4.74. The molecule has 112 valence electrons. The number of esters is 1. The van der Waals surface area contributed by atoms with Crippen LogP contribution in [-0.2, 0) is 14.3 Å². The van der Waals surface area contributed by atoms with Crippen molar-refractivity contribution >= 4 is 11.9 Å². The molecule has 1 aliphatic heterocycles. The monoisotopic (exact) mass is 282 g/mol. The molecule has 0 saturated carbocycles. The molecule has 0 bridgehead atoms. The summed E-state index contributed by atoms with van der Waals surface area (Å²) in [4.78, 5) is 22.1. The molecular formula is C15H22O5. The van der Waals surface area contributed by atoms with E-state index in [1.165, 1.54) is 12.8 Å². The van der Waals surface area contributed by atoms with Gasteiger partial charge in [-0.05, 0) is 18.8 Å². The zero-order chi connectivity index (χ0) is 15.1. The van der Waals surface area contributed by atoms with E-state index in [1.807, 2.05) is 0 Å². The fraction of sp³-hybridized carbons (Fsp3) is 0.600. The lowest BCUT2D eigenvalue weighted by molar-refractivity contribution is -0.133. The van der Waals surface area contributed by atoms with Crippen molar-refractivity contribution in [1.82, 2.24) is 0 Å². The molecule has 0 fully saturated rings. The van der Waals surface area contributed by atoms with Crippen LogP contribution in [0.2, 0.25) is 0 Å². The maximum Gasteiger partial charge on any atom is 0.343 e. The smallest absolute Gasteiger partial charge is 0.343 e. The van der Waals surface area contributed by atoms with Crippen LogP contribution in [0.3, 0.4) is 0 Å². The molecule has 0 aliphatic carbocycles. The van der Waals surface area contributed by atoms with Gasteiger partial charge in [-0.1, -0.05) is 39.5 Å². The van der Waals surface area contributed by atoms with E-state index in [1.54, 1.807) is 0 Å². The van der Waals surface area contributed by atoms with Crippen LogP contribution in [0.25, 0.3) is 0 Å². The van der Waals surface area contributed by atoms with Gasteiger partial charge in [0, 0.05) is 0 Å². The van der Waals surface area contributed by atoms with Crippen molar-refractivity contribution in [2.75, 3.05) is 0 Å². The number of carboxylic acid groups (broad SMARTS) is 1. The van der Waals surface area contributed by atoms with Gasteiger partial charge in [0.05, 0.1) is 11.6 Å². The van der Waals surface area contributed by atoms with Crippen molar-refractivity contribution in [2.45, 2.75) is 52.4 Å². The van der Waals surface area contributed by atoms with Gasteiger partial charge < -0.3 is 14.9 Å². The summed E-state index contributed by atoms with van der Waals surface area (Å²) in [5, 5.41) is 18.4. The second-order valence-electron chi connectivity index (χ2n) is 5.20. The van der Waals surface area contributed by atoms with Crippen molar-refractivity contribution in [2.24, 2.45) is 5.92 Å². The van der Waals surface area contributed by atoms with E-state index in [2.05, 4.69) is 13.8 Å². The Bertz CT molecular complexity index is 434. The van der Waals surface area contributed by atoms with Gasteiger partial charge in [0.15, 0.2) is 11.5 Å². The molecule has 0 spiro atoms. The van der Waals surface area contributed by atoms with E-state index in [0.717, 1.165) is 19.3 Å². The van der Waals surface area contributed by atoms with Gasteiger partial charge in [0.25, 0.3) is 0 Å². The molecule has 0 aromatic heterocycles. The fourth-order valence-electron chi connectivity index (χ4n) is 2.21. The van der Waals surface area contributed by atoms with Crippen LogP contribution in [0.4, 0.5) is 0 Å². The van der Waals surface area contributed by atoms with Crippen molar-refractivity contribution < 1.29 is 24.5 Å². The largest absolute Gasteiger partial charge is 0.504 e. The van der Waals surface area contributed by atoms with Crippen LogP contribution in [-0.4, -0.2) is 22.2 Å². The molecule has 0 radical (unpaired) electrons. The summed E-state index contributed by atoms with van der Waals surface area (Å²) in [6, 6.07) is 0. The zero-order valence-corrected chi connectivity index (χ0v) is 12.0. The fourth-order valence-corrected chi connectivity index (χ4v) is 2.21. The minimum atomic E-state index is -1.26. The lowest BCUT2D eigenvalue weighted by atomic mass is 9.96. The number of ether oxygens (including phenoxy) is 1. The first-order valence-electron chi connectivity index (χ1n) is 7.05. The number of unbranched alkanes of at least 4 members (excludes halogenated alkanes) is 1. The first-order valence-corrected chi connectivity index (χ1v) is 7.05.